The first-order valence-corrected chi connectivity index (χ1v) is 6.32. The fourth-order valence-corrected chi connectivity index (χ4v) is 1.75. The van der Waals surface area contributed by atoms with Gasteiger partial charge in [-0.3, -0.25) is 0 Å². The Morgan fingerprint density at radius 1 is 1.32 bits per heavy atom. The second kappa shape index (κ2) is 5.84. The van der Waals surface area contributed by atoms with E-state index >= 15 is 0 Å². The van der Waals surface area contributed by atoms with Crippen molar-refractivity contribution in [3.8, 4) is 5.75 Å². The van der Waals surface area contributed by atoms with Crippen LogP contribution < -0.4 is 4.74 Å². The van der Waals surface area contributed by atoms with Crippen molar-refractivity contribution in [3.05, 3.63) is 41.1 Å². The molecule has 0 aliphatic carbocycles. The van der Waals surface area contributed by atoms with Crippen LogP contribution in [0, 0.1) is 6.92 Å². The lowest BCUT2D eigenvalue weighted by molar-refractivity contribution is 0.186. The van der Waals surface area contributed by atoms with E-state index in [1.165, 1.54) is 0 Å². The van der Waals surface area contributed by atoms with E-state index < -0.39 is 6.10 Å². The summed E-state index contributed by atoms with van der Waals surface area (Å²) >= 11 is 0. The van der Waals surface area contributed by atoms with Crippen LogP contribution in [0.4, 0.5) is 0 Å². The minimum Gasteiger partial charge on any atom is -0.483 e. The summed E-state index contributed by atoms with van der Waals surface area (Å²) in [5.41, 5.74) is 1.84. The zero-order valence-corrected chi connectivity index (χ0v) is 11.4. The van der Waals surface area contributed by atoms with Gasteiger partial charge in [0.2, 0.25) is 5.89 Å². The van der Waals surface area contributed by atoms with E-state index in [9.17, 15) is 5.11 Å². The molecule has 0 aliphatic rings. The molecule has 19 heavy (non-hydrogen) atoms. The summed E-state index contributed by atoms with van der Waals surface area (Å²) in [7, 11) is 0. The van der Waals surface area contributed by atoms with Crippen LogP contribution in [0.1, 0.15) is 42.9 Å². The molecule has 0 unspecified atom stereocenters. The van der Waals surface area contributed by atoms with Gasteiger partial charge in [0.1, 0.15) is 5.75 Å². The summed E-state index contributed by atoms with van der Waals surface area (Å²) < 4.78 is 11.0. The van der Waals surface area contributed by atoms with Crippen molar-refractivity contribution in [2.24, 2.45) is 0 Å². The summed E-state index contributed by atoms with van der Waals surface area (Å²) in [6.45, 7) is 5.84. The molecule has 0 spiro atoms. The Kier molecular flexibility index (Phi) is 4.16. The highest BCUT2D eigenvalue weighted by Crippen LogP contribution is 2.26. The van der Waals surface area contributed by atoms with Crippen molar-refractivity contribution in [1.29, 1.82) is 0 Å². The second-order valence-corrected chi connectivity index (χ2v) is 4.45. The van der Waals surface area contributed by atoms with Crippen molar-refractivity contribution in [1.82, 2.24) is 10.2 Å². The van der Waals surface area contributed by atoms with Gasteiger partial charge in [0.05, 0.1) is 6.10 Å². The van der Waals surface area contributed by atoms with Gasteiger partial charge in [-0.1, -0.05) is 18.6 Å². The summed E-state index contributed by atoms with van der Waals surface area (Å²) in [6, 6.07) is 5.69. The van der Waals surface area contributed by atoms with Crippen LogP contribution in [-0.2, 0) is 13.0 Å². The lowest BCUT2D eigenvalue weighted by Crippen LogP contribution is -2.01. The van der Waals surface area contributed by atoms with Gasteiger partial charge in [0, 0.05) is 12.0 Å². The third kappa shape index (κ3) is 3.32. The number of nitrogens with zero attached hydrogens (tertiary/aromatic N) is 2. The molecule has 102 valence electrons. The SMILES string of the molecule is CCc1nnc(COc2ccc(C)cc2[C@@H](C)O)o1. The maximum atomic E-state index is 9.74. The number of aliphatic hydroxyl groups excluding tert-OH is 1. The molecule has 0 saturated carbocycles. The number of aromatic nitrogens is 2. The van der Waals surface area contributed by atoms with Crippen LogP contribution >= 0.6 is 0 Å². The van der Waals surface area contributed by atoms with E-state index in [1.807, 2.05) is 32.0 Å². The molecule has 1 N–H and O–H groups in total. The molecular weight excluding hydrogens is 244 g/mol. The third-order valence-electron chi connectivity index (χ3n) is 2.78. The monoisotopic (exact) mass is 262 g/mol. The number of ether oxygens (including phenoxy) is 1. The second-order valence-electron chi connectivity index (χ2n) is 4.45. The highest BCUT2D eigenvalue weighted by Gasteiger charge is 2.11. The van der Waals surface area contributed by atoms with Gasteiger partial charge >= 0.3 is 0 Å². The number of hydrogen-bond donors (Lipinski definition) is 1. The number of aliphatic hydroxyl groups is 1. The molecule has 2 rings (SSSR count). The molecule has 1 aromatic heterocycles. The number of aryl methyl sites for hydroxylation is 2. The predicted octanol–water partition coefficient (Wildman–Crippen LogP) is 2.57. The minimum absolute atomic E-state index is 0.204. The van der Waals surface area contributed by atoms with Gasteiger partial charge in [0.25, 0.3) is 5.89 Å². The molecule has 2 aromatic rings. The fourth-order valence-electron chi connectivity index (χ4n) is 1.75. The molecule has 5 heteroatoms. The van der Waals surface area contributed by atoms with Crippen LogP contribution in [0.3, 0.4) is 0 Å². The Bertz CT molecular complexity index is 549. The van der Waals surface area contributed by atoms with Crippen molar-refractivity contribution < 1.29 is 14.3 Å². The summed E-state index contributed by atoms with van der Waals surface area (Å²) in [5.74, 6) is 1.67. The zero-order valence-electron chi connectivity index (χ0n) is 11.4. The maximum Gasteiger partial charge on any atom is 0.253 e. The van der Waals surface area contributed by atoms with Gasteiger partial charge in [-0.2, -0.15) is 0 Å². The number of rotatable bonds is 5. The van der Waals surface area contributed by atoms with Crippen LogP contribution in [0.15, 0.2) is 22.6 Å². The van der Waals surface area contributed by atoms with E-state index in [0.717, 1.165) is 11.1 Å². The highest BCUT2D eigenvalue weighted by molar-refractivity contribution is 5.38. The smallest absolute Gasteiger partial charge is 0.253 e. The molecular formula is C14H18N2O3. The van der Waals surface area contributed by atoms with Gasteiger partial charge in [0.15, 0.2) is 6.61 Å². The average Bonchev–Trinajstić information content (AvgIpc) is 2.85. The average molecular weight is 262 g/mol. The van der Waals surface area contributed by atoms with E-state index in [4.69, 9.17) is 9.15 Å². The number of benzene rings is 1. The van der Waals surface area contributed by atoms with Crippen molar-refractivity contribution in [2.45, 2.75) is 39.9 Å². The Morgan fingerprint density at radius 3 is 2.68 bits per heavy atom. The molecule has 0 radical (unpaired) electrons. The Hall–Kier alpha value is -1.88. The Morgan fingerprint density at radius 2 is 2.05 bits per heavy atom. The molecule has 0 saturated heterocycles. The molecule has 0 aliphatic heterocycles. The molecule has 5 nitrogen and oxygen atoms in total. The van der Waals surface area contributed by atoms with Gasteiger partial charge in [-0.15, -0.1) is 10.2 Å². The quantitative estimate of drug-likeness (QED) is 0.896. The van der Waals surface area contributed by atoms with Crippen molar-refractivity contribution in [3.63, 3.8) is 0 Å². The van der Waals surface area contributed by atoms with Crippen LogP contribution in [0.25, 0.3) is 0 Å². The Balaban J connectivity index is 2.10. The topological polar surface area (TPSA) is 68.4 Å². The van der Waals surface area contributed by atoms with Crippen LogP contribution in [-0.4, -0.2) is 15.3 Å². The first-order valence-electron chi connectivity index (χ1n) is 6.32. The fraction of sp³-hybridized carbons (Fsp3) is 0.429. The molecule has 0 bridgehead atoms. The van der Waals surface area contributed by atoms with Crippen LogP contribution in [0.5, 0.6) is 5.75 Å². The minimum atomic E-state index is -0.580. The lowest BCUT2D eigenvalue weighted by Gasteiger charge is -2.13. The molecule has 1 atom stereocenters. The maximum absolute atomic E-state index is 9.74. The zero-order chi connectivity index (χ0) is 13.8. The van der Waals surface area contributed by atoms with Gasteiger partial charge < -0.3 is 14.3 Å². The van der Waals surface area contributed by atoms with E-state index in [2.05, 4.69) is 10.2 Å². The number of hydrogen-bond acceptors (Lipinski definition) is 5. The first kappa shape index (κ1) is 13.5. The summed E-state index contributed by atoms with van der Waals surface area (Å²) in [6.07, 6.45) is 0.125. The van der Waals surface area contributed by atoms with Gasteiger partial charge in [-0.05, 0) is 26.0 Å². The summed E-state index contributed by atoms with van der Waals surface area (Å²) in [4.78, 5) is 0. The first-order chi connectivity index (χ1) is 9.10. The van der Waals surface area contributed by atoms with Gasteiger partial charge in [-0.25, -0.2) is 0 Å². The largest absolute Gasteiger partial charge is 0.483 e. The lowest BCUT2D eigenvalue weighted by atomic mass is 10.1. The van der Waals surface area contributed by atoms with E-state index in [1.54, 1.807) is 6.92 Å². The third-order valence-corrected chi connectivity index (χ3v) is 2.78. The van der Waals surface area contributed by atoms with Crippen molar-refractivity contribution in [2.75, 3.05) is 0 Å². The molecule has 0 fully saturated rings. The Labute approximate surface area is 112 Å². The highest BCUT2D eigenvalue weighted by atomic mass is 16.5. The molecule has 0 amide bonds. The van der Waals surface area contributed by atoms with Crippen molar-refractivity contribution >= 4 is 0 Å². The standard InChI is InChI=1S/C14H18N2O3/c1-4-13-15-16-14(19-13)8-18-12-6-5-9(2)7-11(12)10(3)17/h5-7,10,17H,4,8H2,1-3H3/t10-/m1/s1. The van der Waals surface area contributed by atoms with E-state index in [-0.39, 0.29) is 6.61 Å². The van der Waals surface area contributed by atoms with E-state index in [0.29, 0.717) is 24.0 Å². The normalized spacial score (nSPS) is 12.4. The molecule has 1 heterocycles. The predicted molar refractivity (Wildman–Crippen MR) is 69.8 cm³/mol. The summed E-state index contributed by atoms with van der Waals surface area (Å²) in [5, 5.41) is 17.5. The molecule has 1 aromatic carbocycles. The van der Waals surface area contributed by atoms with Crippen LogP contribution in [0.2, 0.25) is 0 Å².